The highest BCUT2D eigenvalue weighted by Crippen LogP contribution is 2.06. The minimum Gasteiger partial charge on any atom is -0.346 e. The predicted octanol–water partition coefficient (Wildman–Crippen LogP) is 1.45. The highest BCUT2D eigenvalue weighted by molar-refractivity contribution is 5.94. The number of halogens is 1. The first-order valence-electron chi connectivity index (χ1n) is 5.01. The van der Waals surface area contributed by atoms with Crippen LogP contribution in [-0.4, -0.2) is 18.0 Å². The third-order valence-corrected chi connectivity index (χ3v) is 2.24. The van der Waals surface area contributed by atoms with Crippen LogP contribution in [-0.2, 0) is 0 Å². The lowest BCUT2D eigenvalue weighted by atomic mass is 10.0. The zero-order valence-corrected chi connectivity index (χ0v) is 10.7. The van der Waals surface area contributed by atoms with Crippen molar-refractivity contribution in [2.75, 3.05) is 6.54 Å². The van der Waals surface area contributed by atoms with Crippen molar-refractivity contribution < 1.29 is 4.79 Å². The van der Waals surface area contributed by atoms with E-state index >= 15 is 0 Å². The normalized spacial score (nSPS) is 10.0. The largest absolute Gasteiger partial charge is 0.346 e. The van der Waals surface area contributed by atoms with Crippen LogP contribution in [0.4, 0.5) is 0 Å². The Morgan fingerprint density at radius 1 is 1.41 bits per heavy atom. The Morgan fingerprint density at radius 3 is 2.35 bits per heavy atom. The van der Waals surface area contributed by atoms with Gasteiger partial charge in [-0.1, -0.05) is 0 Å². The van der Waals surface area contributed by atoms with E-state index in [9.17, 15) is 4.79 Å². The number of nitrogens with one attached hydrogen (secondary N) is 1. The molecule has 0 aliphatic rings. The molecule has 5 heteroatoms. The fraction of sp³-hybridized carbons (Fsp3) is 0.333. The lowest BCUT2D eigenvalue weighted by molar-refractivity contribution is 0.0915. The van der Waals surface area contributed by atoms with E-state index < -0.39 is 5.54 Å². The summed E-state index contributed by atoms with van der Waals surface area (Å²) in [6.07, 6.45) is 0. The molecule has 0 saturated carbocycles. The molecule has 0 saturated heterocycles. The van der Waals surface area contributed by atoms with Crippen LogP contribution < -0.4 is 11.1 Å². The number of hydrogen-bond acceptors (Lipinski definition) is 3. The van der Waals surface area contributed by atoms with E-state index in [2.05, 4.69) is 5.32 Å². The maximum absolute atomic E-state index is 11.8. The molecule has 0 atom stereocenters. The van der Waals surface area contributed by atoms with Crippen molar-refractivity contribution in [3.8, 4) is 6.07 Å². The van der Waals surface area contributed by atoms with Crippen molar-refractivity contribution in [2.45, 2.75) is 19.4 Å². The standard InChI is InChI=1S/C12H15N3O.ClH/c1-12(2,8-14)15-11(16)10-5-3-9(7-13)4-6-10;/h3-6H,8,14H2,1-2H3,(H,15,16);1H. The van der Waals surface area contributed by atoms with E-state index in [0.29, 0.717) is 17.7 Å². The molecule has 3 N–H and O–H groups in total. The van der Waals surface area contributed by atoms with Crippen LogP contribution in [0.25, 0.3) is 0 Å². The maximum Gasteiger partial charge on any atom is 0.251 e. The Bertz CT molecular complexity index is 420. The summed E-state index contributed by atoms with van der Waals surface area (Å²) in [4.78, 5) is 11.8. The molecule has 1 rings (SSSR count). The molecular weight excluding hydrogens is 238 g/mol. The van der Waals surface area contributed by atoms with E-state index in [4.69, 9.17) is 11.0 Å². The molecule has 1 amide bonds. The van der Waals surface area contributed by atoms with Crippen molar-refractivity contribution >= 4 is 18.3 Å². The Kier molecular flexibility index (Phi) is 5.66. The van der Waals surface area contributed by atoms with E-state index in [1.54, 1.807) is 24.3 Å². The van der Waals surface area contributed by atoms with E-state index in [1.807, 2.05) is 19.9 Å². The molecule has 0 heterocycles. The van der Waals surface area contributed by atoms with Gasteiger partial charge in [-0.25, -0.2) is 0 Å². The van der Waals surface area contributed by atoms with Gasteiger partial charge in [-0.2, -0.15) is 5.26 Å². The molecule has 0 radical (unpaired) electrons. The molecule has 1 aromatic carbocycles. The quantitative estimate of drug-likeness (QED) is 0.856. The summed E-state index contributed by atoms with van der Waals surface area (Å²) in [5, 5.41) is 11.4. The molecule has 0 aliphatic heterocycles. The number of nitrogens with zero attached hydrogens (tertiary/aromatic N) is 1. The summed E-state index contributed by atoms with van der Waals surface area (Å²) in [6.45, 7) is 4.08. The van der Waals surface area contributed by atoms with Crippen LogP contribution in [0.5, 0.6) is 0 Å². The van der Waals surface area contributed by atoms with Gasteiger partial charge in [0.2, 0.25) is 0 Å². The van der Waals surface area contributed by atoms with Crippen LogP contribution >= 0.6 is 12.4 Å². The minimum absolute atomic E-state index is 0. The Hall–Kier alpha value is -1.57. The summed E-state index contributed by atoms with van der Waals surface area (Å²) < 4.78 is 0. The smallest absolute Gasteiger partial charge is 0.251 e. The van der Waals surface area contributed by atoms with Gasteiger partial charge in [0.15, 0.2) is 0 Å². The van der Waals surface area contributed by atoms with Crippen LogP contribution in [0.2, 0.25) is 0 Å². The van der Waals surface area contributed by atoms with Crippen LogP contribution in [0.15, 0.2) is 24.3 Å². The second kappa shape index (κ2) is 6.24. The molecule has 0 unspecified atom stereocenters. The van der Waals surface area contributed by atoms with Crippen molar-refractivity contribution in [2.24, 2.45) is 5.73 Å². The number of carbonyl (C=O) groups excluding carboxylic acids is 1. The molecule has 0 bridgehead atoms. The van der Waals surface area contributed by atoms with Crippen LogP contribution in [0, 0.1) is 11.3 Å². The SMILES string of the molecule is CC(C)(CN)NC(=O)c1ccc(C#N)cc1.Cl. The second-order valence-corrected chi connectivity index (χ2v) is 4.23. The number of rotatable bonds is 3. The summed E-state index contributed by atoms with van der Waals surface area (Å²) in [6, 6.07) is 8.48. The fourth-order valence-electron chi connectivity index (χ4n) is 1.13. The second-order valence-electron chi connectivity index (χ2n) is 4.23. The zero-order valence-electron chi connectivity index (χ0n) is 9.86. The summed E-state index contributed by atoms with van der Waals surface area (Å²) in [5.41, 5.74) is 6.16. The van der Waals surface area contributed by atoms with Crippen molar-refractivity contribution in [1.29, 1.82) is 5.26 Å². The van der Waals surface area contributed by atoms with Gasteiger partial charge in [-0.3, -0.25) is 4.79 Å². The highest BCUT2D eigenvalue weighted by atomic mass is 35.5. The Labute approximate surface area is 107 Å². The zero-order chi connectivity index (χ0) is 12.2. The summed E-state index contributed by atoms with van der Waals surface area (Å²) in [7, 11) is 0. The van der Waals surface area contributed by atoms with E-state index in [1.165, 1.54) is 0 Å². The lowest BCUT2D eigenvalue weighted by Crippen LogP contribution is -2.48. The van der Waals surface area contributed by atoms with E-state index in [-0.39, 0.29) is 18.3 Å². The average Bonchev–Trinajstić information content (AvgIpc) is 2.28. The maximum atomic E-state index is 11.8. The van der Waals surface area contributed by atoms with Crippen molar-refractivity contribution in [1.82, 2.24) is 5.32 Å². The van der Waals surface area contributed by atoms with Crippen molar-refractivity contribution in [3.63, 3.8) is 0 Å². The Balaban J connectivity index is 0.00000256. The first-order chi connectivity index (χ1) is 7.48. The van der Waals surface area contributed by atoms with Gasteiger partial charge < -0.3 is 11.1 Å². The lowest BCUT2D eigenvalue weighted by Gasteiger charge is -2.24. The van der Waals surface area contributed by atoms with Crippen LogP contribution in [0.1, 0.15) is 29.8 Å². The molecule has 0 spiro atoms. The number of nitriles is 1. The highest BCUT2D eigenvalue weighted by Gasteiger charge is 2.18. The van der Waals surface area contributed by atoms with Crippen molar-refractivity contribution in [3.05, 3.63) is 35.4 Å². The van der Waals surface area contributed by atoms with Gasteiger partial charge in [0, 0.05) is 17.6 Å². The molecule has 17 heavy (non-hydrogen) atoms. The number of nitrogens with two attached hydrogens (primary N) is 1. The third kappa shape index (κ3) is 4.43. The summed E-state index contributed by atoms with van der Waals surface area (Å²) >= 11 is 0. The molecular formula is C12H16ClN3O. The molecule has 0 fully saturated rings. The number of amides is 1. The Morgan fingerprint density at radius 2 is 1.94 bits per heavy atom. The van der Waals surface area contributed by atoms with Gasteiger partial charge in [0.1, 0.15) is 0 Å². The monoisotopic (exact) mass is 253 g/mol. The molecule has 1 aromatic rings. The first kappa shape index (κ1) is 15.4. The van der Waals surface area contributed by atoms with E-state index in [0.717, 1.165) is 0 Å². The fourth-order valence-corrected chi connectivity index (χ4v) is 1.13. The number of benzene rings is 1. The minimum atomic E-state index is -0.426. The topological polar surface area (TPSA) is 78.9 Å². The predicted molar refractivity (Wildman–Crippen MR) is 69.0 cm³/mol. The molecule has 0 aliphatic carbocycles. The number of hydrogen-bond donors (Lipinski definition) is 2. The molecule has 0 aromatic heterocycles. The average molecular weight is 254 g/mol. The number of carbonyl (C=O) groups is 1. The van der Waals surface area contributed by atoms with Gasteiger partial charge in [-0.15, -0.1) is 12.4 Å². The van der Waals surface area contributed by atoms with Crippen LogP contribution in [0.3, 0.4) is 0 Å². The molecule has 92 valence electrons. The van der Waals surface area contributed by atoms with Gasteiger partial charge in [0.25, 0.3) is 5.91 Å². The molecule has 4 nitrogen and oxygen atoms in total. The van der Waals surface area contributed by atoms with Gasteiger partial charge >= 0.3 is 0 Å². The third-order valence-electron chi connectivity index (χ3n) is 2.24. The van der Waals surface area contributed by atoms with Gasteiger partial charge in [-0.05, 0) is 38.1 Å². The first-order valence-corrected chi connectivity index (χ1v) is 5.01. The summed E-state index contributed by atoms with van der Waals surface area (Å²) in [5.74, 6) is -0.181. The van der Waals surface area contributed by atoms with Gasteiger partial charge in [0.05, 0.1) is 11.6 Å².